The Hall–Kier alpha value is -0.570. The van der Waals surface area contributed by atoms with Gasteiger partial charge in [-0.05, 0) is 19.8 Å². The fraction of sp³-hybridized carbons (Fsp3) is 0.889. The van der Waals surface area contributed by atoms with Crippen molar-refractivity contribution in [2.75, 3.05) is 0 Å². The summed E-state index contributed by atoms with van der Waals surface area (Å²) < 4.78 is 0. The lowest BCUT2D eigenvalue weighted by molar-refractivity contribution is -0.137. The average molecular weight is 173 g/mol. The Morgan fingerprint density at radius 1 is 1.33 bits per heavy atom. The zero-order valence-electron chi connectivity index (χ0n) is 7.75. The number of carboxylic acid groups (broad SMARTS) is 1. The molecule has 0 aliphatic carbocycles. The lowest BCUT2D eigenvalue weighted by atomic mass is 10.1. The maximum Gasteiger partial charge on any atom is 0.303 e. The summed E-state index contributed by atoms with van der Waals surface area (Å²) in [6.45, 7) is 2.00. The molecule has 0 aliphatic rings. The first-order valence-corrected chi connectivity index (χ1v) is 4.60. The zero-order valence-corrected chi connectivity index (χ0v) is 7.75. The van der Waals surface area contributed by atoms with Gasteiger partial charge in [-0.3, -0.25) is 4.79 Å². The van der Waals surface area contributed by atoms with Crippen LogP contribution < -0.4 is 5.73 Å². The highest BCUT2D eigenvalue weighted by Gasteiger charge is 1.97. The Morgan fingerprint density at radius 3 is 2.42 bits per heavy atom. The monoisotopic (exact) mass is 173 g/mol. The molecule has 0 aromatic carbocycles. The lowest BCUT2D eigenvalue weighted by Crippen LogP contribution is -2.13. The molecule has 0 aliphatic heterocycles. The van der Waals surface area contributed by atoms with Crippen molar-refractivity contribution >= 4 is 5.97 Å². The summed E-state index contributed by atoms with van der Waals surface area (Å²) in [5.74, 6) is -0.692. The Balaban J connectivity index is 2.96. The molecule has 0 aromatic rings. The lowest BCUT2D eigenvalue weighted by Gasteiger charge is -2.03. The molecule has 0 fully saturated rings. The van der Waals surface area contributed by atoms with Gasteiger partial charge in [0.25, 0.3) is 0 Å². The van der Waals surface area contributed by atoms with Crippen molar-refractivity contribution in [3.05, 3.63) is 0 Å². The van der Waals surface area contributed by atoms with Crippen LogP contribution in [0.2, 0.25) is 0 Å². The summed E-state index contributed by atoms with van der Waals surface area (Å²) in [5, 5.41) is 8.34. The number of hydrogen-bond donors (Lipinski definition) is 2. The molecule has 0 bridgehead atoms. The van der Waals surface area contributed by atoms with E-state index in [1.54, 1.807) is 0 Å². The Labute approximate surface area is 74.0 Å². The van der Waals surface area contributed by atoms with Crippen molar-refractivity contribution in [1.29, 1.82) is 0 Å². The highest BCUT2D eigenvalue weighted by molar-refractivity contribution is 5.66. The van der Waals surface area contributed by atoms with Crippen LogP contribution >= 0.6 is 0 Å². The maximum absolute atomic E-state index is 10.1. The van der Waals surface area contributed by atoms with Crippen LogP contribution in [0.5, 0.6) is 0 Å². The molecule has 0 rings (SSSR count). The summed E-state index contributed by atoms with van der Waals surface area (Å²) in [7, 11) is 0. The van der Waals surface area contributed by atoms with Crippen LogP contribution in [-0.4, -0.2) is 17.1 Å². The van der Waals surface area contributed by atoms with E-state index in [4.69, 9.17) is 10.8 Å². The molecule has 3 N–H and O–H groups in total. The number of carbonyl (C=O) groups is 1. The number of unbranched alkanes of at least 4 members (excludes halogenated alkanes) is 3. The second kappa shape index (κ2) is 7.10. The van der Waals surface area contributed by atoms with Gasteiger partial charge in [0.2, 0.25) is 0 Å². The van der Waals surface area contributed by atoms with Crippen LogP contribution in [-0.2, 0) is 4.79 Å². The molecule has 0 radical (unpaired) electrons. The van der Waals surface area contributed by atoms with Gasteiger partial charge in [-0.15, -0.1) is 0 Å². The first-order chi connectivity index (χ1) is 5.63. The van der Waals surface area contributed by atoms with Gasteiger partial charge in [-0.2, -0.15) is 0 Å². The summed E-state index contributed by atoms with van der Waals surface area (Å²) in [5.41, 5.74) is 5.56. The van der Waals surface area contributed by atoms with E-state index in [2.05, 4.69) is 0 Å². The number of carboxylic acids is 1. The third-order valence-corrected chi connectivity index (χ3v) is 1.80. The maximum atomic E-state index is 10.1. The van der Waals surface area contributed by atoms with E-state index in [1.165, 1.54) is 0 Å². The van der Waals surface area contributed by atoms with Gasteiger partial charge in [-0.25, -0.2) is 0 Å². The predicted octanol–water partition coefficient (Wildman–Crippen LogP) is 1.76. The number of rotatable bonds is 7. The first-order valence-electron chi connectivity index (χ1n) is 4.60. The van der Waals surface area contributed by atoms with Gasteiger partial charge < -0.3 is 10.8 Å². The van der Waals surface area contributed by atoms with Crippen LogP contribution in [0.25, 0.3) is 0 Å². The highest BCUT2D eigenvalue weighted by atomic mass is 16.4. The summed E-state index contributed by atoms with van der Waals surface area (Å²) in [6, 6.07) is 0.282. The fourth-order valence-corrected chi connectivity index (χ4v) is 1.10. The highest BCUT2D eigenvalue weighted by Crippen LogP contribution is 2.06. The molecule has 0 saturated carbocycles. The summed E-state index contributed by atoms with van der Waals surface area (Å²) >= 11 is 0. The standard InChI is InChI=1S/C9H19NO2/c1-8(10)6-4-2-3-5-7-9(11)12/h8H,2-7,10H2,1H3,(H,11,12)/t8-/m0/s1. The molecule has 0 saturated heterocycles. The average Bonchev–Trinajstić information content (AvgIpc) is 1.95. The van der Waals surface area contributed by atoms with E-state index in [0.29, 0.717) is 6.42 Å². The largest absolute Gasteiger partial charge is 0.481 e. The van der Waals surface area contributed by atoms with Gasteiger partial charge in [0.05, 0.1) is 0 Å². The Morgan fingerprint density at radius 2 is 1.92 bits per heavy atom. The SMILES string of the molecule is C[C@H](N)CCCCCCC(=O)O. The van der Waals surface area contributed by atoms with Gasteiger partial charge in [0, 0.05) is 12.5 Å². The Kier molecular flexibility index (Phi) is 6.76. The molecule has 1 atom stereocenters. The quantitative estimate of drug-likeness (QED) is 0.576. The van der Waals surface area contributed by atoms with Crippen LogP contribution in [0.3, 0.4) is 0 Å². The van der Waals surface area contributed by atoms with E-state index >= 15 is 0 Å². The summed E-state index contributed by atoms with van der Waals surface area (Å²) in [4.78, 5) is 10.1. The topological polar surface area (TPSA) is 63.3 Å². The molecule has 72 valence electrons. The molecule has 12 heavy (non-hydrogen) atoms. The van der Waals surface area contributed by atoms with E-state index in [-0.39, 0.29) is 6.04 Å². The number of nitrogens with two attached hydrogens (primary N) is 1. The minimum atomic E-state index is -0.692. The smallest absolute Gasteiger partial charge is 0.303 e. The van der Waals surface area contributed by atoms with Gasteiger partial charge in [0.1, 0.15) is 0 Å². The molecule has 3 heteroatoms. The molecule has 0 unspecified atom stereocenters. The molecule has 0 aromatic heterocycles. The molecular formula is C9H19NO2. The number of aliphatic carboxylic acids is 1. The van der Waals surface area contributed by atoms with Gasteiger partial charge in [-0.1, -0.05) is 19.3 Å². The minimum absolute atomic E-state index is 0.282. The van der Waals surface area contributed by atoms with Crippen molar-refractivity contribution < 1.29 is 9.90 Å². The predicted molar refractivity (Wildman–Crippen MR) is 49.0 cm³/mol. The van der Waals surface area contributed by atoms with Crippen molar-refractivity contribution in [2.24, 2.45) is 5.73 Å². The normalized spacial score (nSPS) is 12.8. The van der Waals surface area contributed by atoms with Crippen molar-refractivity contribution in [3.63, 3.8) is 0 Å². The summed E-state index contributed by atoms with van der Waals surface area (Å²) in [6.07, 6.45) is 5.39. The Bertz CT molecular complexity index is 124. The van der Waals surface area contributed by atoms with Gasteiger partial charge >= 0.3 is 5.97 Å². The third kappa shape index (κ3) is 9.43. The number of hydrogen-bond acceptors (Lipinski definition) is 2. The second-order valence-electron chi connectivity index (χ2n) is 3.32. The fourth-order valence-electron chi connectivity index (χ4n) is 1.10. The van der Waals surface area contributed by atoms with Crippen molar-refractivity contribution in [2.45, 2.75) is 51.5 Å². The van der Waals surface area contributed by atoms with E-state index < -0.39 is 5.97 Å². The van der Waals surface area contributed by atoms with Crippen molar-refractivity contribution in [3.8, 4) is 0 Å². The van der Waals surface area contributed by atoms with E-state index in [0.717, 1.165) is 32.1 Å². The van der Waals surface area contributed by atoms with E-state index in [1.807, 2.05) is 6.92 Å². The third-order valence-electron chi connectivity index (χ3n) is 1.80. The first kappa shape index (κ1) is 11.4. The zero-order chi connectivity index (χ0) is 9.40. The minimum Gasteiger partial charge on any atom is -0.481 e. The molecule has 3 nitrogen and oxygen atoms in total. The second-order valence-corrected chi connectivity index (χ2v) is 3.32. The molecule has 0 amide bonds. The molecular weight excluding hydrogens is 154 g/mol. The molecule has 0 spiro atoms. The van der Waals surface area contributed by atoms with Crippen LogP contribution in [0.1, 0.15) is 45.4 Å². The van der Waals surface area contributed by atoms with Gasteiger partial charge in [0.15, 0.2) is 0 Å². The van der Waals surface area contributed by atoms with Crippen LogP contribution in [0.15, 0.2) is 0 Å². The van der Waals surface area contributed by atoms with Crippen molar-refractivity contribution in [1.82, 2.24) is 0 Å². The van der Waals surface area contributed by atoms with E-state index in [9.17, 15) is 4.79 Å². The molecule has 0 heterocycles. The van der Waals surface area contributed by atoms with Crippen LogP contribution in [0, 0.1) is 0 Å². The van der Waals surface area contributed by atoms with Crippen LogP contribution in [0.4, 0.5) is 0 Å².